The molecule has 0 fully saturated rings. The van der Waals surface area contributed by atoms with Crippen molar-refractivity contribution in [2.75, 3.05) is 7.05 Å². The van der Waals surface area contributed by atoms with E-state index in [4.69, 9.17) is 5.73 Å². The third kappa shape index (κ3) is 1.92. The van der Waals surface area contributed by atoms with Crippen LogP contribution in [0, 0.1) is 0 Å². The van der Waals surface area contributed by atoms with E-state index in [2.05, 4.69) is 22.0 Å². The van der Waals surface area contributed by atoms with Gasteiger partial charge in [0, 0.05) is 11.0 Å². The summed E-state index contributed by atoms with van der Waals surface area (Å²) in [7, 11) is 1.93. The first-order chi connectivity index (χ1) is 7.09. The van der Waals surface area contributed by atoms with Gasteiger partial charge in [-0.2, -0.15) is 0 Å². The van der Waals surface area contributed by atoms with Crippen molar-refractivity contribution in [3.63, 3.8) is 0 Å². The van der Waals surface area contributed by atoms with Gasteiger partial charge in [-0.15, -0.1) is 0 Å². The summed E-state index contributed by atoms with van der Waals surface area (Å²) >= 11 is 3.51. The van der Waals surface area contributed by atoms with E-state index < -0.39 is 0 Å². The first-order valence-corrected chi connectivity index (χ1v) is 5.64. The first-order valence-electron chi connectivity index (χ1n) is 4.85. The summed E-state index contributed by atoms with van der Waals surface area (Å²) in [6.45, 7) is 0.780. The quantitative estimate of drug-likeness (QED) is 0.835. The molecule has 1 aliphatic rings. The molecule has 0 saturated heterocycles. The topological polar surface area (TPSA) is 46.3 Å². The fourth-order valence-corrected chi connectivity index (χ4v) is 2.60. The number of hydrogen-bond acceptors (Lipinski definition) is 2. The smallest absolute Gasteiger partial charge is 0.235 e. The molecule has 1 amide bonds. The Balaban J connectivity index is 2.39. The summed E-state index contributed by atoms with van der Waals surface area (Å²) in [5.74, 6) is -0.251. The van der Waals surface area contributed by atoms with Gasteiger partial charge in [-0.05, 0) is 30.7 Å². The van der Waals surface area contributed by atoms with Crippen LogP contribution in [0.3, 0.4) is 0 Å². The number of benzene rings is 1. The Bertz CT molecular complexity index is 406. The molecule has 1 aromatic carbocycles. The van der Waals surface area contributed by atoms with Crippen molar-refractivity contribution in [1.29, 1.82) is 0 Å². The molecule has 0 aromatic heterocycles. The maximum absolute atomic E-state index is 11.3. The van der Waals surface area contributed by atoms with Gasteiger partial charge in [0.2, 0.25) is 5.91 Å². The average Bonchev–Trinajstić information content (AvgIpc) is 2.16. The Labute approximate surface area is 97.4 Å². The van der Waals surface area contributed by atoms with Crippen molar-refractivity contribution in [1.82, 2.24) is 4.90 Å². The van der Waals surface area contributed by atoms with Crippen molar-refractivity contribution >= 4 is 21.8 Å². The van der Waals surface area contributed by atoms with Crippen LogP contribution >= 0.6 is 15.9 Å². The Hall–Kier alpha value is -0.870. The number of primary amides is 1. The molecule has 15 heavy (non-hydrogen) atoms. The minimum atomic E-state index is -0.251. The number of nitrogens with zero attached hydrogens (tertiary/aromatic N) is 1. The van der Waals surface area contributed by atoms with Crippen LogP contribution in [0.2, 0.25) is 0 Å². The number of carbonyl (C=O) groups is 1. The highest BCUT2D eigenvalue weighted by atomic mass is 79.9. The number of rotatable bonds is 1. The van der Waals surface area contributed by atoms with E-state index in [0.717, 1.165) is 11.0 Å². The van der Waals surface area contributed by atoms with E-state index in [0.29, 0.717) is 6.42 Å². The number of halogens is 1. The van der Waals surface area contributed by atoms with E-state index in [9.17, 15) is 4.79 Å². The maximum atomic E-state index is 11.3. The normalized spacial score (nSPS) is 21.1. The molecule has 4 heteroatoms. The molecule has 0 bridgehead atoms. The molecule has 1 atom stereocenters. The highest BCUT2D eigenvalue weighted by molar-refractivity contribution is 9.10. The van der Waals surface area contributed by atoms with Crippen molar-refractivity contribution in [2.24, 2.45) is 5.73 Å². The van der Waals surface area contributed by atoms with E-state index in [1.54, 1.807) is 0 Å². The van der Waals surface area contributed by atoms with Crippen LogP contribution in [0.5, 0.6) is 0 Å². The fourth-order valence-electron chi connectivity index (χ4n) is 2.03. The van der Waals surface area contributed by atoms with Gasteiger partial charge in [-0.3, -0.25) is 9.69 Å². The van der Waals surface area contributed by atoms with Crippen LogP contribution in [0.1, 0.15) is 11.1 Å². The number of carbonyl (C=O) groups excluding carboxylic acids is 1. The van der Waals surface area contributed by atoms with E-state index in [1.165, 1.54) is 11.1 Å². The summed E-state index contributed by atoms with van der Waals surface area (Å²) in [5.41, 5.74) is 7.84. The van der Waals surface area contributed by atoms with Gasteiger partial charge in [-0.1, -0.05) is 28.1 Å². The summed E-state index contributed by atoms with van der Waals surface area (Å²) in [6.07, 6.45) is 0.697. The predicted octanol–water partition coefficient (Wildman–Crippen LogP) is 1.29. The molecule has 0 saturated carbocycles. The van der Waals surface area contributed by atoms with Gasteiger partial charge in [0.25, 0.3) is 0 Å². The zero-order chi connectivity index (χ0) is 11.0. The van der Waals surface area contributed by atoms with Crippen LogP contribution in [-0.2, 0) is 17.8 Å². The lowest BCUT2D eigenvalue weighted by Gasteiger charge is -2.32. The summed E-state index contributed by atoms with van der Waals surface area (Å²) < 4.78 is 1.07. The Morgan fingerprint density at radius 3 is 3.00 bits per heavy atom. The number of nitrogens with two attached hydrogens (primary N) is 1. The fraction of sp³-hybridized carbons (Fsp3) is 0.364. The molecule has 3 nitrogen and oxygen atoms in total. The number of fused-ring (bicyclic) bond motifs is 1. The average molecular weight is 269 g/mol. The van der Waals surface area contributed by atoms with Crippen molar-refractivity contribution in [2.45, 2.75) is 19.0 Å². The van der Waals surface area contributed by atoms with Crippen LogP contribution in [0.4, 0.5) is 0 Å². The summed E-state index contributed by atoms with van der Waals surface area (Å²) in [5, 5.41) is 0. The minimum Gasteiger partial charge on any atom is -0.368 e. The molecule has 1 aliphatic heterocycles. The second-order valence-electron chi connectivity index (χ2n) is 3.91. The van der Waals surface area contributed by atoms with Gasteiger partial charge >= 0.3 is 0 Å². The standard InChI is InChI=1S/C11H13BrN2O/c1-14-6-7-3-2-4-9(12)8(7)5-10(14)11(13)15/h2-4,10H,5-6H2,1H3,(H2,13,15)/t10-/m0/s1. The molecule has 1 aromatic rings. The van der Waals surface area contributed by atoms with Gasteiger partial charge in [-0.25, -0.2) is 0 Å². The molecule has 0 unspecified atom stereocenters. The predicted molar refractivity (Wildman–Crippen MR) is 62.3 cm³/mol. The monoisotopic (exact) mass is 268 g/mol. The van der Waals surface area contributed by atoms with Crippen LogP contribution < -0.4 is 5.73 Å². The highest BCUT2D eigenvalue weighted by Gasteiger charge is 2.28. The third-order valence-electron chi connectivity index (χ3n) is 2.89. The van der Waals surface area contributed by atoms with E-state index >= 15 is 0 Å². The lowest BCUT2D eigenvalue weighted by molar-refractivity contribution is -0.123. The SMILES string of the molecule is CN1Cc2cccc(Br)c2C[C@H]1C(N)=O. The number of hydrogen-bond donors (Lipinski definition) is 1. The van der Waals surface area contributed by atoms with Gasteiger partial charge in [0.15, 0.2) is 0 Å². The van der Waals surface area contributed by atoms with E-state index in [-0.39, 0.29) is 11.9 Å². The summed E-state index contributed by atoms with van der Waals surface area (Å²) in [4.78, 5) is 13.2. The first kappa shape index (κ1) is 10.6. The lowest BCUT2D eigenvalue weighted by atomic mass is 9.94. The Morgan fingerprint density at radius 2 is 2.33 bits per heavy atom. The molecule has 2 N–H and O–H groups in total. The third-order valence-corrected chi connectivity index (χ3v) is 3.64. The highest BCUT2D eigenvalue weighted by Crippen LogP contribution is 2.28. The van der Waals surface area contributed by atoms with Gasteiger partial charge < -0.3 is 5.73 Å². The van der Waals surface area contributed by atoms with E-state index in [1.807, 2.05) is 24.1 Å². The minimum absolute atomic E-state index is 0.184. The molecule has 1 heterocycles. The summed E-state index contributed by atoms with van der Waals surface area (Å²) in [6, 6.07) is 5.92. The number of amides is 1. The molecule has 0 radical (unpaired) electrons. The molecular formula is C11H13BrN2O. The van der Waals surface area contributed by atoms with Crippen molar-refractivity contribution < 1.29 is 4.79 Å². The second-order valence-corrected chi connectivity index (χ2v) is 4.77. The van der Waals surface area contributed by atoms with Crippen molar-refractivity contribution in [3.05, 3.63) is 33.8 Å². The molecule has 0 aliphatic carbocycles. The van der Waals surface area contributed by atoms with Crippen molar-refractivity contribution in [3.8, 4) is 0 Å². The molecule has 2 rings (SSSR count). The second kappa shape index (κ2) is 3.94. The molecule has 0 spiro atoms. The molecular weight excluding hydrogens is 256 g/mol. The largest absolute Gasteiger partial charge is 0.368 e. The van der Waals surface area contributed by atoms with Crippen LogP contribution in [-0.4, -0.2) is 23.9 Å². The number of likely N-dealkylation sites (N-methyl/N-ethyl adjacent to an activating group) is 1. The molecule has 80 valence electrons. The maximum Gasteiger partial charge on any atom is 0.235 e. The van der Waals surface area contributed by atoms with Gasteiger partial charge in [0.1, 0.15) is 0 Å². The Morgan fingerprint density at radius 1 is 1.60 bits per heavy atom. The zero-order valence-corrected chi connectivity index (χ0v) is 10.1. The van der Waals surface area contributed by atoms with Gasteiger partial charge in [0.05, 0.1) is 6.04 Å². The van der Waals surface area contributed by atoms with Crippen LogP contribution in [0.25, 0.3) is 0 Å². The lowest BCUT2D eigenvalue weighted by Crippen LogP contribution is -2.46. The zero-order valence-electron chi connectivity index (χ0n) is 8.53. The Kier molecular flexibility index (Phi) is 2.80. The van der Waals surface area contributed by atoms with Crippen LogP contribution in [0.15, 0.2) is 22.7 Å².